The van der Waals surface area contributed by atoms with Crippen LogP contribution in [0.3, 0.4) is 0 Å². The normalized spacial score (nSPS) is 10.9. The summed E-state index contributed by atoms with van der Waals surface area (Å²) in [5.41, 5.74) is 2.39. The molecular formula is C15H19N3O. The average Bonchev–Trinajstić information content (AvgIpc) is 2.41. The summed E-state index contributed by atoms with van der Waals surface area (Å²) in [5, 5.41) is 9.92. The molecule has 0 amide bonds. The number of nitrogens with zero attached hydrogens (tertiary/aromatic N) is 1. The van der Waals surface area contributed by atoms with Crippen LogP contribution in [0, 0.1) is 5.92 Å². The largest absolute Gasteiger partial charge is 0.312 e. The van der Waals surface area contributed by atoms with Gasteiger partial charge in [-0.15, -0.1) is 0 Å². The molecular weight excluding hydrogens is 238 g/mol. The topological polar surface area (TPSA) is 57.8 Å². The highest BCUT2D eigenvalue weighted by atomic mass is 16.1. The van der Waals surface area contributed by atoms with Crippen LogP contribution in [0.25, 0.3) is 11.3 Å². The van der Waals surface area contributed by atoms with Crippen molar-refractivity contribution in [3.8, 4) is 11.3 Å². The lowest BCUT2D eigenvalue weighted by atomic mass is 10.1. The lowest BCUT2D eigenvalue weighted by Gasteiger charge is -2.07. The van der Waals surface area contributed by atoms with Gasteiger partial charge in [0.1, 0.15) is 0 Å². The third-order valence-corrected chi connectivity index (χ3v) is 2.82. The number of benzene rings is 1. The molecule has 2 N–H and O–H groups in total. The molecule has 0 aliphatic carbocycles. The monoisotopic (exact) mass is 257 g/mol. The second-order valence-electron chi connectivity index (χ2n) is 5.00. The van der Waals surface area contributed by atoms with Crippen LogP contribution in [-0.4, -0.2) is 16.7 Å². The minimum Gasteiger partial charge on any atom is -0.312 e. The maximum atomic E-state index is 11.7. The van der Waals surface area contributed by atoms with Gasteiger partial charge in [0.2, 0.25) is 0 Å². The van der Waals surface area contributed by atoms with E-state index in [2.05, 4.69) is 29.4 Å². The second kappa shape index (κ2) is 6.29. The number of aromatic amines is 1. The molecule has 0 fully saturated rings. The van der Waals surface area contributed by atoms with Crippen molar-refractivity contribution in [2.75, 3.05) is 6.54 Å². The molecule has 4 heteroatoms. The van der Waals surface area contributed by atoms with Crippen molar-refractivity contribution in [1.29, 1.82) is 0 Å². The third-order valence-electron chi connectivity index (χ3n) is 2.82. The van der Waals surface area contributed by atoms with Gasteiger partial charge in [0.25, 0.3) is 5.56 Å². The minimum atomic E-state index is -0.129. The van der Waals surface area contributed by atoms with E-state index in [4.69, 9.17) is 0 Å². The fourth-order valence-corrected chi connectivity index (χ4v) is 1.83. The zero-order valence-electron chi connectivity index (χ0n) is 11.3. The summed E-state index contributed by atoms with van der Waals surface area (Å²) in [6, 6.07) is 11.7. The molecule has 0 atom stereocenters. The first-order chi connectivity index (χ1) is 9.16. The first kappa shape index (κ1) is 13.5. The smallest absolute Gasteiger partial charge is 0.268 e. The highest BCUT2D eigenvalue weighted by Crippen LogP contribution is 2.14. The zero-order chi connectivity index (χ0) is 13.7. The van der Waals surface area contributed by atoms with Gasteiger partial charge in [-0.2, -0.15) is 5.10 Å². The van der Waals surface area contributed by atoms with Crippen molar-refractivity contribution >= 4 is 0 Å². The van der Waals surface area contributed by atoms with Crippen LogP contribution >= 0.6 is 0 Å². The summed E-state index contributed by atoms with van der Waals surface area (Å²) in [6.45, 7) is 5.73. The van der Waals surface area contributed by atoms with Crippen LogP contribution < -0.4 is 10.9 Å². The SMILES string of the molecule is CC(C)CNCc1cc(-c2ccccc2)n[nH]c1=O. The Balaban J connectivity index is 2.18. The number of hydrogen-bond donors (Lipinski definition) is 2. The molecule has 0 saturated heterocycles. The quantitative estimate of drug-likeness (QED) is 0.863. The van der Waals surface area contributed by atoms with Gasteiger partial charge in [-0.05, 0) is 18.5 Å². The summed E-state index contributed by atoms with van der Waals surface area (Å²) in [5.74, 6) is 0.564. The number of rotatable bonds is 5. The average molecular weight is 257 g/mol. The Kier molecular flexibility index (Phi) is 4.47. The molecule has 0 radical (unpaired) electrons. The molecule has 1 heterocycles. The first-order valence-electron chi connectivity index (χ1n) is 6.51. The fourth-order valence-electron chi connectivity index (χ4n) is 1.83. The van der Waals surface area contributed by atoms with Gasteiger partial charge < -0.3 is 5.32 Å². The molecule has 0 bridgehead atoms. The maximum Gasteiger partial charge on any atom is 0.268 e. The molecule has 0 spiro atoms. The molecule has 2 rings (SSSR count). The van der Waals surface area contributed by atoms with E-state index >= 15 is 0 Å². The molecule has 2 aromatic rings. The highest BCUT2D eigenvalue weighted by Gasteiger charge is 2.05. The number of H-pyrrole nitrogens is 1. The molecule has 0 unspecified atom stereocenters. The maximum absolute atomic E-state index is 11.7. The molecule has 1 aromatic heterocycles. The van der Waals surface area contributed by atoms with Gasteiger partial charge in [0.05, 0.1) is 5.69 Å². The van der Waals surface area contributed by atoms with Crippen LogP contribution in [-0.2, 0) is 6.54 Å². The van der Waals surface area contributed by atoms with Crippen molar-refractivity contribution in [2.24, 2.45) is 5.92 Å². The van der Waals surface area contributed by atoms with Gasteiger partial charge in [-0.25, -0.2) is 5.10 Å². The lowest BCUT2D eigenvalue weighted by Crippen LogP contribution is -2.24. The molecule has 0 aliphatic heterocycles. The van der Waals surface area contributed by atoms with Crippen LogP contribution in [0.5, 0.6) is 0 Å². The molecule has 1 aromatic carbocycles. The van der Waals surface area contributed by atoms with Gasteiger partial charge in [0.15, 0.2) is 0 Å². The molecule has 0 aliphatic rings. The molecule has 4 nitrogen and oxygen atoms in total. The Morgan fingerprint density at radius 3 is 2.68 bits per heavy atom. The second-order valence-corrected chi connectivity index (χ2v) is 5.00. The molecule has 100 valence electrons. The van der Waals surface area contributed by atoms with E-state index in [0.29, 0.717) is 12.5 Å². The van der Waals surface area contributed by atoms with E-state index in [0.717, 1.165) is 23.4 Å². The number of aromatic nitrogens is 2. The number of nitrogens with one attached hydrogen (secondary N) is 2. The van der Waals surface area contributed by atoms with E-state index in [1.807, 2.05) is 36.4 Å². The van der Waals surface area contributed by atoms with Gasteiger partial charge in [-0.1, -0.05) is 44.2 Å². The van der Waals surface area contributed by atoms with Crippen molar-refractivity contribution in [1.82, 2.24) is 15.5 Å². The van der Waals surface area contributed by atoms with Gasteiger partial charge in [-0.3, -0.25) is 4.79 Å². The summed E-state index contributed by atoms with van der Waals surface area (Å²) in [6.07, 6.45) is 0. The zero-order valence-corrected chi connectivity index (χ0v) is 11.3. The Morgan fingerprint density at radius 2 is 2.00 bits per heavy atom. The summed E-state index contributed by atoms with van der Waals surface area (Å²) in [7, 11) is 0. The van der Waals surface area contributed by atoms with Gasteiger partial charge in [0, 0.05) is 17.7 Å². The van der Waals surface area contributed by atoms with Crippen molar-refractivity contribution in [2.45, 2.75) is 20.4 Å². The van der Waals surface area contributed by atoms with Crippen molar-refractivity contribution < 1.29 is 0 Å². The predicted octanol–water partition coefficient (Wildman–Crippen LogP) is 2.18. The summed E-state index contributed by atoms with van der Waals surface area (Å²) >= 11 is 0. The van der Waals surface area contributed by atoms with Crippen molar-refractivity contribution in [3.05, 3.63) is 52.3 Å². The Labute approximate surface area is 112 Å². The minimum absolute atomic E-state index is 0.129. The van der Waals surface area contributed by atoms with E-state index in [1.165, 1.54) is 0 Å². The van der Waals surface area contributed by atoms with Crippen LogP contribution in [0.4, 0.5) is 0 Å². The van der Waals surface area contributed by atoms with E-state index in [9.17, 15) is 4.79 Å². The highest BCUT2D eigenvalue weighted by molar-refractivity contribution is 5.58. The Morgan fingerprint density at radius 1 is 1.26 bits per heavy atom. The Bertz CT molecular complexity index is 575. The van der Waals surface area contributed by atoms with Crippen LogP contribution in [0.15, 0.2) is 41.2 Å². The van der Waals surface area contributed by atoms with E-state index in [1.54, 1.807) is 0 Å². The van der Waals surface area contributed by atoms with Crippen LogP contribution in [0.2, 0.25) is 0 Å². The molecule has 19 heavy (non-hydrogen) atoms. The summed E-state index contributed by atoms with van der Waals surface area (Å²) < 4.78 is 0. The van der Waals surface area contributed by atoms with Crippen molar-refractivity contribution in [3.63, 3.8) is 0 Å². The summed E-state index contributed by atoms with van der Waals surface area (Å²) in [4.78, 5) is 11.7. The standard InChI is InChI=1S/C15H19N3O/c1-11(2)9-16-10-13-8-14(17-18-15(13)19)12-6-4-3-5-7-12/h3-8,11,16H,9-10H2,1-2H3,(H,18,19). The molecule has 0 saturated carbocycles. The third kappa shape index (κ3) is 3.76. The number of hydrogen-bond acceptors (Lipinski definition) is 3. The van der Waals surface area contributed by atoms with E-state index < -0.39 is 0 Å². The lowest BCUT2D eigenvalue weighted by molar-refractivity contribution is 0.550. The van der Waals surface area contributed by atoms with E-state index in [-0.39, 0.29) is 5.56 Å². The predicted molar refractivity (Wildman–Crippen MR) is 76.8 cm³/mol. The van der Waals surface area contributed by atoms with Gasteiger partial charge >= 0.3 is 0 Å². The first-order valence-corrected chi connectivity index (χ1v) is 6.51. The fraction of sp³-hybridized carbons (Fsp3) is 0.333. The Hall–Kier alpha value is -1.94. The van der Waals surface area contributed by atoms with Crippen LogP contribution in [0.1, 0.15) is 19.4 Å².